The molecule has 1 aromatic carbocycles. The third-order valence-electron chi connectivity index (χ3n) is 8.12. The topological polar surface area (TPSA) is 26.3 Å². The summed E-state index contributed by atoms with van der Waals surface area (Å²) in [5.41, 5.74) is 1.37. The first-order valence-corrected chi connectivity index (χ1v) is 13.5. The summed E-state index contributed by atoms with van der Waals surface area (Å²) in [6.45, 7) is 4.31. The molecule has 0 aromatic heterocycles. The Kier molecular flexibility index (Phi) is 10.4. The van der Waals surface area contributed by atoms with Crippen LogP contribution in [0.2, 0.25) is 0 Å². The lowest BCUT2D eigenvalue weighted by Gasteiger charge is -2.38. The van der Waals surface area contributed by atoms with Gasteiger partial charge < -0.3 is 4.74 Å². The van der Waals surface area contributed by atoms with Gasteiger partial charge in [0.1, 0.15) is 5.75 Å². The van der Waals surface area contributed by atoms with Crippen LogP contribution in [0.3, 0.4) is 0 Å². The van der Waals surface area contributed by atoms with Gasteiger partial charge >= 0.3 is 5.97 Å². The van der Waals surface area contributed by atoms with Crippen molar-refractivity contribution in [2.24, 2.45) is 23.7 Å². The highest BCUT2D eigenvalue weighted by molar-refractivity contribution is 5.72. The van der Waals surface area contributed by atoms with Crippen molar-refractivity contribution in [1.82, 2.24) is 0 Å². The second-order valence-electron chi connectivity index (χ2n) is 10.5. The second-order valence-corrected chi connectivity index (χ2v) is 10.5. The first-order chi connectivity index (χ1) is 15.2. The van der Waals surface area contributed by atoms with Crippen molar-refractivity contribution >= 4 is 5.97 Å². The monoisotopic (exact) mass is 426 g/mol. The van der Waals surface area contributed by atoms with Crippen LogP contribution in [0.4, 0.5) is 0 Å². The molecule has 174 valence electrons. The number of ether oxygens (including phenoxy) is 1. The maximum Gasteiger partial charge on any atom is 0.311 e. The largest absolute Gasteiger partial charge is 0.427 e. The number of hydrogen-bond donors (Lipinski definition) is 0. The molecule has 0 radical (unpaired) electrons. The third kappa shape index (κ3) is 8.28. The zero-order valence-electron chi connectivity index (χ0n) is 20.2. The molecule has 0 unspecified atom stereocenters. The fraction of sp³-hybridized carbons (Fsp3) is 0.759. The average Bonchev–Trinajstić information content (AvgIpc) is 2.80. The average molecular weight is 427 g/mol. The number of esters is 1. The van der Waals surface area contributed by atoms with E-state index in [0.29, 0.717) is 12.2 Å². The molecule has 0 amide bonds. The SMILES string of the molecule is CCCCC[C@H]1CC[C@H]([C@H]2CC[C@H](CCc3ccc(OC(=O)CCC)cc3)CC2)CC1. The first kappa shape index (κ1) is 24.3. The summed E-state index contributed by atoms with van der Waals surface area (Å²) in [7, 11) is 0. The molecule has 2 aliphatic carbocycles. The van der Waals surface area contributed by atoms with Crippen molar-refractivity contribution in [3.63, 3.8) is 0 Å². The highest BCUT2D eigenvalue weighted by Crippen LogP contribution is 2.43. The number of rotatable bonds is 11. The molecule has 1 aromatic rings. The molecular weight excluding hydrogens is 380 g/mol. The molecule has 0 aliphatic heterocycles. The fourth-order valence-electron chi connectivity index (χ4n) is 6.06. The second kappa shape index (κ2) is 13.3. The minimum atomic E-state index is -0.128. The van der Waals surface area contributed by atoms with Gasteiger partial charge in [-0.3, -0.25) is 4.79 Å². The molecule has 3 rings (SSSR count). The van der Waals surface area contributed by atoms with Crippen molar-refractivity contribution in [2.45, 2.75) is 117 Å². The summed E-state index contributed by atoms with van der Waals surface area (Å²) in [5, 5.41) is 0. The molecule has 2 aliphatic rings. The summed E-state index contributed by atoms with van der Waals surface area (Å²) < 4.78 is 5.37. The Balaban J connectivity index is 1.31. The number of aryl methyl sites for hydroxylation is 1. The Labute approximate surface area is 191 Å². The van der Waals surface area contributed by atoms with E-state index in [1.165, 1.54) is 89.0 Å². The van der Waals surface area contributed by atoms with Gasteiger partial charge in [0.05, 0.1) is 0 Å². The maximum atomic E-state index is 11.6. The van der Waals surface area contributed by atoms with E-state index >= 15 is 0 Å². The van der Waals surface area contributed by atoms with E-state index in [1.54, 1.807) is 0 Å². The Morgan fingerprint density at radius 3 is 1.90 bits per heavy atom. The van der Waals surface area contributed by atoms with Crippen molar-refractivity contribution in [3.8, 4) is 5.75 Å². The van der Waals surface area contributed by atoms with Gasteiger partial charge in [0, 0.05) is 6.42 Å². The van der Waals surface area contributed by atoms with E-state index in [2.05, 4.69) is 19.1 Å². The molecule has 31 heavy (non-hydrogen) atoms. The summed E-state index contributed by atoms with van der Waals surface area (Å²) in [5.74, 6) is 4.56. The van der Waals surface area contributed by atoms with Gasteiger partial charge in [0.15, 0.2) is 0 Å². The lowest BCUT2D eigenvalue weighted by molar-refractivity contribution is -0.134. The van der Waals surface area contributed by atoms with E-state index < -0.39 is 0 Å². The van der Waals surface area contributed by atoms with Crippen LogP contribution < -0.4 is 4.74 Å². The van der Waals surface area contributed by atoms with E-state index in [4.69, 9.17) is 4.74 Å². The van der Waals surface area contributed by atoms with Crippen molar-refractivity contribution in [3.05, 3.63) is 29.8 Å². The molecule has 0 heterocycles. The van der Waals surface area contributed by atoms with Crippen LogP contribution in [0.1, 0.15) is 116 Å². The van der Waals surface area contributed by atoms with Gasteiger partial charge in [0.2, 0.25) is 0 Å². The third-order valence-corrected chi connectivity index (χ3v) is 8.12. The highest BCUT2D eigenvalue weighted by atomic mass is 16.5. The number of benzene rings is 1. The Morgan fingerprint density at radius 1 is 0.774 bits per heavy atom. The van der Waals surface area contributed by atoms with Crippen LogP contribution in [0, 0.1) is 23.7 Å². The molecule has 0 spiro atoms. The summed E-state index contributed by atoms with van der Waals surface area (Å²) in [6, 6.07) is 8.19. The molecule has 0 N–H and O–H groups in total. The Bertz CT molecular complexity index is 619. The van der Waals surface area contributed by atoms with Crippen LogP contribution in [-0.2, 0) is 11.2 Å². The predicted octanol–water partition coefficient (Wildman–Crippen LogP) is 8.52. The van der Waals surface area contributed by atoms with Crippen molar-refractivity contribution in [2.75, 3.05) is 0 Å². The van der Waals surface area contributed by atoms with Gasteiger partial charge in [-0.2, -0.15) is 0 Å². The zero-order chi connectivity index (χ0) is 21.9. The summed E-state index contributed by atoms with van der Waals surface area (Å²) >= 11 is 0. The standard InChI is InChI=1S/C29H46O2/c1-3-5-6-8-23-11-17-26(18-12-23)27-19-13-24(14-20-27)9-10-25-15-21-28(22-16-25)31-29(30)7-4-2/h15-16,21-24,26-27H,3-14,17-20H2,1-2H3/t23-,24-,26-,27-. The smallest absolute Gasteiger partial charge is 0.311 e. The molecule has 2 nitrogen and oxygen atoms in total. The van der Waals surface area contributed by atoms with Crippen LogP contribution in [0.5, 0.6) is 5.75 Å². The molecule has 0 atom stereocenters. The Hall–Kier alpha value is -1.31. The van der Waals surface area contributed by atoms with Crippen LogP contribution in [-0.4, -0.2) is 5.97 Å². The van der Waals surface area contributed by atoms with Gasteiger partial charge in [0.25, 0.3) is 0 Å². The Morgan fingerprint density at radius 2 is 1.35 bits per heavy atom. The predicted molar refractivity (Wildman–Crippen MR) is 130 cm³/mol. The lowest BCUT2D eigenvalue weighted by atomic mass is 9.68. The molecule has 2 fully saturated rings. The van der Waals surface area contributed by atoms with Gasteiger partial charge in [-0.05, 0) is 86.3 Å². The van der Waals surface area contributed by atoms with E-state index in [-0.39, 0.29) is 5.97 Å². The summed E-state index contributed by atoms with van der Waals surface area (Å²) in [4.78, 5) is 11.6. The zero-order valence-corrected chi connectivity index (χ0v) is 20.2. The van der Waals surface area contributed by atoms with E-state index in [9.17, 15) is 4.79 Å². The normalized spacial score (nSPS) is 26.5. The molecule has 0 saturated heterocycles. The molecule has 0 bridgehead atoms. The van der Waals surface area contributed by atoms with E-state index in [1.807, 2.05) is 19.1 Å². The number of carbonyl (C=O) groups is 1. The lowest BCUT2D eigenvalue weighted by Crippen LogP contribution is -2.26. The minimum absolute atomic E-state index is 0.128. The number of hydrogen-bond acceptors (Lipinski definition) is 2. The van der Waals surface area contributed by atoms with Crippen molar-refractivity contribution < 1.29 is 9.53 Å². The van der Waals surface area contributed by atoms with Crippen molar-refractivity contribution in [1.29, 1.82) is 0 Å². The molecule has 2 saturated carbocycles. The van der Waals surface area contributed by atoms with Gasteiger partial charge in [-0.15, -0.1) is 0 Å². The van der Waals surface area contributed by atoms with Gasteiger partial charge in [-0.1, -0.05) is 77.3 Å². The van der Waals surface area contributed by atoms with Crippen LogP contribution >= 0.6 is 0 Å². The van der Waals surface area contributed by atoms with Crippen LogP contribution in [0.15, 0.2) is 24.3 Å². The number of unbranched alkanes of at least 4 members (excludes halogenated alkanes) is 2. The van der Waals surface area contributed by atoms with Crippen LogP contribution in [0.25, 0.3) is 0 Å². The van der Waals surface area contributed by atoms with E-state index in [0.717, 1.165) is 36.5 Å². The molecular formula is C29H46O2. The minimum Gasteiger partial charge on any atom is -0.427 e. The quantitative estimate of drug-likeness (QED) is 0.201. The highest BCUT2D eigenvalue weighted by Gasteiger charge is 2.30. The maximum absolute atomic E-state index is 11.6. The molecule has 2 heteroatoms. The first-order valence-electron chi connectivity index (χ1n) is 13.5. The number of carbonyl (C=O) groups excluding carboxylic acids is 1. The summed E-state index contributed by atoms with van der Waals surface area (Å²) in [6.07, 6.45) is 21.4. The fourth-order valence-corrected chi connectivity index (χ4v) is 6.06. The van der Waals surface area contributed by atoms with Gasteiger partial charge in [-0.25, -0.2) is 0 Å².